The van der Waals surface area contributed by atoms with Crippen molar-refractivity contribution in [3.05, 3.63) is 41.9 Å². The van der Waals surface area contributed by atoms with Gasteiger partial charge in [-0.05, 0) is 50.3 Å². The number of likely N-dealkylation sites (tertiary alicyclic amines) is 1. The summed E-state index contributed by atoms with van der Waals surface area (Å²) in [6, 6.07) is 8.16. The van der Waals surface area contributed by atoms with Gasteiger partial charge < -0.3 is 18.9 Å². The number of carbonyl (C=O) groups excluding carboxylic acids is 1. The quantitative estimate of drug-likeness (QED) is 0.310. The number of nitriles is 1. The Hall–Kier alpha value is -3.86. The van der Waals surface area contributed by atoms with Crippen LogP contribution in [-0.4, -0.2) is 43.4 Å². The van der Waals surface area contributed by atoms with E-state index in [2.05, 4.69) is 26.7 Å². The number of H-pyrrole nitrogens is 1. The average molecular weight is 469 g/mol. The van der Waals surface area contributed by atoms with Crippen molar-refractivity contribution >= 4 is 34.1 Å². The smallest absolute Gasteiger partial charge is 0.264 e. The molecule has 1 aliphatic heterocycles. The SMILES string of the molecule is N#C/C(=C\c1ccc(-c2nc3cnc4[nH]ccc4c3n2C2CCCCC2)o1)C(=O)N1CCCCC1. The number of aromatic nitrogens is 4. The highest BCUT2D eigenvalue weighted by Crippen LogP contribution is 2.38. The Morgan fingerprint density at radius 1 is 1.11 bits per heavy atom. The molecule has 0 spiro atoms. The van der Waals surface area contributed by atoms with Gasteiger partial charge >= 0.3 is 0 Å². The molecular weight excluding hydrogens is 440 g/mol. The molecule has 5 heterocycles. The fraction of sp³-hybridized carbons (Fsp3) is 0.407. The summed E-state index contributed by atoms with van der Waals surface area (Å²) < 4.78 is 8.51. The van der Waals surface area contributed by atoms with E-state index in [4.69, 9.17) is 9.40 Å². The van der Waals surface area contributed by atoms with Crippen molar-refractivity contribution in [2.45, 2.75) is 57.4 Å². The molecule has 1 aliphatic carbocycles. The maximum atomic E-state index is 12.9. The van der Waals surface area contributed by atoms with E-state index in [0.717, 1.165) is 60.0 Å². The van der Waals surface area contributed by atoms with Crippen molar-refractivity contribution < 1.29 is 9.21 Å². The molecule has 0 aromatic carbocycles. The van der Waals surface area contributed by atoms with E-state index in [1.165, 1.54) is 19.3 Å². The number of hydrogen-bond donors (Lipinski definition) is 1. The minimum atomic E-state index is -0.222. The lowest BCUT2D eigenvalue weighted by atomic mass is 9.95. The minimum Gasteiger partial charge on any atom is -0.453 e. The minimum absolute atomic E-state index is 0.104. The van der Waals surface area contributed by atoms with E-state index in [9.17, 15) is 10.1 Å². The Balaban J connectivity index is 1.41. The normalized spacial score (nSPS) is 17.8. The molecule has 8 heteroatoms. The number of nitrogens with one attached hydrogen (secondary N) is 1. The van der Waals surface area contributed by atoms with Crippen LogP contribution in [0.25, 0.3) is 39.7 Å². The number of fused-ring (bicyclic) bond motifs is 3. The summed E-state index contributed by atoms with van der Waals surface area (Å²) >= 11 is 0. The Morgan fingerprint density at radius 2 is 1.91 bits per heavy atom. The molecule has 4 aromatic rings. The highest BCUT2D eigenvalue weighted by Gasteiger charge is 2.26. The molecule has 0 radical (unpaired) electrons. The number of amides is 1. The lowest BCUT2D eigenvalue weighted by molar-refractivity contribution is -0.127. The van der Waals surface area contributed by atoms with Crippen LogP contribution in [-0.2, 0) is 4.79 Å². The zero-order valence-electron chi connectivity index (χ0n) is 19.7. The van der Waals surface area contributed by atoms with E-state index in [1.807, 2.05) is 24.5 Å². The predicted octanol–water partition coefficient (Wildman–Crippen LogP) is 5.60. The monoisotopic (exact) mass is 468 g/mol. The maximum Gasteiger partial charge on any atom is 0.264 e. The van der Waals surface area contributed by atoms with Crippen molar-refractivity contribution in [3.8, 4) is 17.7 Å². The molecule has 6 rings (SSSR count). The summed E-state index contributed by atoms with van der Waals surface area (Å²) in [5.41, 5.74) is 2.86. The molecule has 2 aliphatic rings. The Labute approximate surface area is 203 Å². The molecule has 8 nitrogen and oxygen atoms in total. The molecule has 1 amide bonds. The van der Waals surface area contributed by atoms with Crippen molar-refractivity contribution in [2.75, 3.05) is 13.1 Å². The summed E-state index contributed by atoms with van der Waals surface area (Å²) in [6.07, 6.45) is 14.2. The third kappa shape index (κ3) is 3.91. The van der Waals surface area contributed by atoms with Gasteiger partial charge in [0.05, 0.1) is 11.7 Å². The van der Waals surface area contributed by atoms with Crippen LogP contribution in [0.2, 0.25) is 0 Å². The first-order chi connectivity index (χ1) is 17.2. The zero-order valence-corrected chi connectivity index (χ0v) is 19.7. The van der Waals surface area contributed by atoms with Gasteiger partial charge in [0.2, 0.25) is 0 Å². The van der Waals surface area contributed by atoms with E-state index >= 15 is 0 Å². The molecule has 0 bridgehead atoms. The van der Waals surface area contributed by atoms with Crippen molar-refractivity contribution in [3.63, 3.8) is 0 Å². The summed E-state index contributed by atoms with van der Waals surface area (Å²) in [5, 5.41) is 10.7. The Kier molecular flexibility index (Phi) is 5.61. The molecule has 2 fully saturated rings. The number of piperidine rings is 1. The fourth-order valence-electron chi connectivity index (χ4n) is 5.56. The van der Waals surface area contributed by atoms with Crippen LogP contribution in [0.15, 0.2) is 40.6 Å². The van der Waals surface area contributed by atoms with Gasteiger partial charge in [0.25, 0.3) is 5.91 Å². The van der Waals surface area contributed by atoms with E-state index in [0.29, 0.717) is 30.7 Å². The first-order valence-corrected chi connectivity index (χ1v) is 12.6. The first kappa shape index (κ1) is 21.7. The zero-order chi connectivity index (χ0) is 23.8. The molecule has 0 unspecified atom stereocenters. The van der Waals surface area contributed by atoms with E-state index in [1.54, 1.807) is 11.0 Å². The molecule has 0 atom stereocenters. The van der Waals surface area contributed by atoms with Gasteiger partial charge in [0.1, 0.15) is 28.6 Å². The van der Waals surface area contributed by atoms with Gasteiger partial charge in [-0.15, -0.1) is 0 Å². The van der Waals surface area contributed by atoms with Gasteiger partial charge in [-0.25, -0.2) is 9.97 Å². The van der Waals surface area contributed by atoms with Crippen LogP contribution >= 0.6 is 0 Å². The highest BCUT2D eigenvalue weighted by molar-refractivity contribution is 6.03. The lowest BCUT2D eigenvalue weighted by Crippen LogP contribution is -2.36. The summed E-state index contributed by atoms with van der Waals surface area (Å²) in [7, 11) is 0. The number of pyridine rings is 1. The largest absolute Gasteiger partial charge is 0.453 e. The first-order valence-electron chi connectivity index (χ1n) is 12.6. The van der Waals surface area contributed by atoms with Gasteiger partial charge in [-0.2, -0.15) is 5.26 Å². The van der Waals surface area contributed by atoms with Gasteiger partial charge in [0.15, 0.2) is 11.6 Å². The van der Waals surface area contributed by atoms with Crippen LogP contribution in [0, 0.1) is 11.3 Å². The number of rotatable bonds is 4. The second-order valence-electron chi connectivity index (χ2n) is 9.55. The second-order valence-corrected chi connectivity index (χ2v) is 9.55. The molecular formula is C27H28N6O2. The van der Waals surface area contributed by atoms with Crippen molar-refractivity contribution in [1.82, 2.24) is 24.4 Å². The molecule has 1 saturated heterocycles. The number of hydrogen-bond acceptors (Lipinski definition) is 5. The summed E-state index contributed by atoms with van der Waals surface area (Å²) in [5.74, 6) is 1.65. The molecule has 178 valence electrons. The van der Waals surface area contributed by atoms with Crippen molar-refractivity contribution in [1.29, 1.82) is 5.26 Å². The van der Waals surface area contributed by atoms with Crippen LogP contribution in [0.1, 0.15) is 63.2 Å². The number of carbonyl (C=O) groups is 1. The van der Waals surface area contributed by atoms with Crippen LogP contribution in [0.3, 0.4) is 0 Å². The number of aromatic amines is 1. The average Bonchev–Trinajstić information content (AvgIpc) is 3.65. The number of imidazole rings is 1. The number of nitrogens with zero attached hydrogens (tertiary/aromatic N) is 5. The number of furan rings is 1. The lowest BCUT2D eigenvalue weighted by Gasteiger charge is -2.26. The molecule has 1 N–H and O–H groups in total. The predicted molar refractivity (Wildman–Crippen MR) is 133 cm³/mol. The third-order valence-corrected chi connectivity index (χ3v) is 7.30. The van der Waals surface area contributed by atoms with E-state index < -0.39 is 0 Å². The van der Waals surface area contributed by atoms with E-state index in [-0.39, 0.29) is 11.5 Å². The van der Waals surface area contributed by atoms with Crippen LogP contribution in [0.4, 0.5) is 0 Å². The van der Waals surface area contributed by atoms with Crippen LogP contribution in [0.5, 0.6) is 0 Å². The van der Waals surface area contributed by atoms with Crippen molar-refractivity contribution in [2.24, 2.45) is 0 Å². The summed E-state index contributed by atoms with van der Waals surface area (Å²) in [6.45, 7) is 1.41. The Morgan fingerprint density at radius 3 is 2.71 bits per heavy atom. The molecule has 4 aromatic heterocycles. The Bertz CT molecular complexity index is 1450. The molecule has 35 heavy (non-hydrogen) atoms. The maximum absolute atomic E-state index is 12.9. The molecule has 1 saturated carbocycles. The van der Waals surface area contributed by atoms with Gasteiger partial charge in [-0.1, -0.05) is 19.3 Å². The summed E-state index contributed by atoms with van der Waals surface area (Å²) in [4.78, 5) is 27.3. The third-order valence-electron chi connectivity index (χ3n) is 7.30. The van der Waals surface area contributed by atoms with Gasteiger partial charge in [-0.3, -0.25) is 4.79 Å². The van der Waals surface area contributed by atoms with Crippen LogP contribution < -0.4 is 0 Å². The highest BCUT2D eigenvalue weighted by atomic mass is 16.3. The fourth-order valence-corrected chi connectivity index (χ4v) is 5.56. The van der Waals surface area contributed by atoms with Gasteiger partial charge in [0, 0.05) is 36.8 Å². The topological polar surface area (TPSA) is 104 Å². The second kappa shape index (κ2) is 9.06. The standard InChI is InChI=1S/C27H28N6O2/c28-16-18(27(34)32-13-5-2-6-14-32)15-20-9-10-23(35-20)26-31-22-17-30-25-21(11-12-29-25)24(22)33(26)19-7-3-1-4-8-19/h9-12,15,17,19H,1-8,13-14H2,(H,29,30)/b18-15+.